The van der Waals surface area contributed by atoms with E-state index in [2.05, 4.69) is 0 Å². The molecular formula is C4H12O2Si2. The summed E-state index contributed by atoms with van der Waals surface area (Å²) in [6.45, 7) is 1.01. The molecule has 1 aliphatic heterocycles. The molecular weight excluding hydrogens is 136 g/mol. The normalized spacial score (nSPS) is 33.4. The van der Waals surface area contributed by atoms with Crippen molar-refractivity contribution in [2.45, 2.75) is 12.5 Å². The molecule has 48 valence electrons. The SMILES string of the molecule is CO[SiH]1CCCO[SiH2]1. The van der Waals surface area contributed by atoms with Crippen molar-refractivity contribution in [1.82, 2.24) is 0 Å². The van der Waals surface area contributed by atoms with Crippen molar-refractivity contribution in [1.29, 1.82) is 0 Å². The Morgan fingerprint density at radius 3 is 3.00 bits per heavy atom. The molecule has 0 aromatic heterocycles. The van der Waals surface area contributed by atoms with Crippen LogP contribution in [-0.4, -0.2) is 31.6 Å². The van der Waals surface area contributed by atoms with E-state index >= 15 is 0 Å². The van der Waals surface area contributed by atoms with E-state index in [1.54, 1.807) is 0 Å². The van der Waals surface area contributed by atoms with Gasteiger partial charge in [-0.15, -0.1) is 0 Å². The van der Waals surface area contributed by atoms with Crippen molar-refractivity contribution in [3.8, 4) is 0 Å². The van der Waals surface area contributed by atoms with Crippen LogP contribution in [0.2, 0.25) is 6.04 Å². The van der Waals surface area contributed by atoms with Crippen LogP contribution in [0.1, 0.15) is 6.42 Å². The number of rotatable bonds is 1. The minimum atomic E-state index is -0.689. The minimum Gasteiger partial charge on any atom is -0.425 e. The molecule has 8 heavy (non-hydrogen) atoms. The van der Waals surface area contributed by atoms with Gasteiger partial charge in [-0.05, 0) is 12.5 Å². The van der Waals surface area contributed by atoms with Gasteiger partial charge in [0.2, 0.25) is 0 Å². The Morgan fingerprint density at radius 1 is 1.75 bits per heavy atom. The second kappa shape index (κ2) is 3.39. The first-order valence-corrected chi connectivity index (χ1v) is 8.17. The molecule has 0 spiro atoms. The molecule has 1 atom stereocenters. The van der Waals surface area contributed by atoms with E-state index in [0.29, 0.717) is 0 Å². The average Bonchev–Trinajstić information content (AvgIpc) is 1.90. The van der Waals surface area contributed by atoms with Gasteiger partial charge in [0, 0.05) is 13.7 Å². The van der Waals surface area contributed by atoms with Crippen molar-refractivity contribution in [2.75, 3.05) is 13.7 Å². The molecule has 1 saturated heterocycles. The Balaban J connectivity index is 2.13. The Kier molecular flexibility index (Phi) is 2.75. The average molecular weight is 148 g/mol. The second-order valence-electron chi connectivity index (χ2n) is 2.07. The van der Waals surface area contributed by atoms with Crippen LogP contribution in [0, 0.1) is 0 Å². The molecule has 0 aromatic rings. The first-order chi connectivity index (χ1) is 3.93. The molecule has 0 saturated carbocycles. The summed E-state index contributed by atoms with van der Waals surface area (Å²) in [5, 5.41) is 0. The largest absolute Gasteiger partial charge is 0.425 e. The summed E-state index contributed by atoms with van der Waals surface area (Å²) < 4.78 is 10.6. The highest BCUT2D eigenvalue weighted by Crippen LogP contribution is 2.03. The third-order valence-electron chi connectivity index (χ3n) is 1.45. The van der Waals surface area contributed by atoms with E-state index in [-0.39, 0.29) is 9.28 Å². The van der Waals surface area contributed by atoms with Crippen LogP contribution >= 0.6 is 0 Å². The number of hydrogen-bond acceptors (Lipinski definition) is 2. The summed E-state index contributed by atoms with van der Waals surface area (Å²) in [6, 6.07) is 1.36. The second-order valence-corrected chi connectivity index (χ2v) is 8.84. The molecule has 2 nitrogen and oxygen atoms in total. The van der Waals surface area contributed by atoms with E-state index in [4.69, 9.17) is 8.85 Å². The van der Waals surface area contributed by atoms with Crippen LogP contribution in [0.15, 0.2) is 0 Å². The van der Waals surface area contributed by atoms with Crippen LogP contribution in [0.25, 0.3) is 0 Å². The molecule has 0 bridgehead atoms. The van der Waals surface area contributed by atoms with E-state index in [1.807, 2.05) is 7.11 Å². The van der Waals surface area contributed by atoms with Crippen LogP contribution in [0.3, 0.4) is 0 Å². The van der Waals surface area contributed by atoms with Gasteiger partial charge in [-0.1, -0.05) is 0 Å². The lowest BCUT2D eigenvalue weighted by Crippen LogP contribution is -2.31. The maximum Gasteiger partial charge on any atom is 0.189 e. The topological polar surface area (TPSA) is 18.5 Å². The molecule has 1 fully saturated rings. The molecule has 1 unspecified atom stereocenters. The Bertz CT molecular complexity index is 63.1. The monoisotopic (exact) mass is 148 g/mol. The van der Waals surface area contributed by atoms with Crippen LogP contribution < -0.4 is 0 Å². The summed E-state index contributed by atoms with van der Waals surface area (Å²) in [4.78, 5) is 0. The third-order valence-corrected chi connectivity index (χ3v) is 8.11. The van der Waals surface area contributed by atoms with Crippen LogP contribution in [0.4, 0.5) is 0 Å². The van der Waals surface area contributed by atoms with Crippen molar-refractivity contribution >= 4 is 17.8 Å². The number of hydrogen-bond donors (Lipinski definition) is 0. The summed E-state index contributed by atoms with van der Waals surface area (Å²) in [5.74, 6) is 0. The zero-order valence-electron chi connectivity index (χ0n) is 5.22. The quantitative estimate of drug-likeness (QED) is 0.460. The predicted octanol–water partition coefficient (Wildman–Crippen LogP) is -0.643. The summed E-state index contributed by atoms with van der Waals surface area (Å²) in [7, 11) is 0.982. The van der Waals surface area contributed by atoms with Gasteiger partial charge in [0.05, 0.1) is 0 Å². The highest BCUT2D eigenvalue weighted by Gasteiger charge is 2.14. The molecule has 0 radical (unpaired) electrons. The van der Waals surface area contributed by atoms with E-state index in [0.717, 1.165) is 6.61 Å². The maximum atomic E-state index is 5.35. The molecule has 0 aliphatic carbocycles. The summed E-state index contributed by atoms with van der Waals surface area (Å²) in [6.07, 6.45) is 1.25. The summed E-state index contributed by atoms with van der Waals surface area (Å²) in [5.41, 5.74) is 0. The van der Waals surface area contributed by atoms with Crippen molar-refractivity contribution in [2.24, 2.45) is 0 Å². The molecule has 1 aliphatic rings. The highest BCUT2D eigenvalue weighted by molar-refractivity contribution is 7.06. The zero-order valence-corrected chi connectivity index (χ0v) is 7.79. The lowest BCUT2D eigenvalue weighted by molar-refractivity contribution is 0.316. The van der Waals surface area contributed by atoms with Gasteiger partial charge in [0.1, 0.15) is 0 Å². The van der Waals surface area contributed by atoms with Gasteiger partial charge in [-0.3, -0.25) is 0 Å². The van der Waals surface area contributed by atoms with Crippen molar-refractivity contribution in [3.05, 3.63) is 0 Å². The van der Waals surface area contributed by atoms with Gasteiger partial charge >= 0.3 is 0 Å². The van der Waals surface area contributed by atoms with Crippen molar-refractivity contribution in [3.63, 3.8) is 0 Å². The molecule has 4 heteroatoms. The predicted molar refractivity (Wildman–Crippen MR) is 38.1 cm³/mol. The van der Waals surface area contributed by atoms with Gasteiger partial charge in [-0.25, -0.2) is 0 Å². The molecule has 0 aromatic carbocycles. The Labute approximate surface area is 53.6 Å². The van der Waals surface area contributed by atoms with Gasteiger partial charge < -0.3 is 8.85 Å². The molecule has 0 N–H and O–H groups in total. The zero-order chi connectivity index (χ0) is 5.82. The van der Waals surface area contributed by atoms with E-state index in [1.165, 1.54) is 12.5 Å². The smallest absolute Gasteiger partial charge is 0.189 e. The molecule has 0 amide bonds. The highest BCUT2D eigenvalue weighted by atomic mass is 29.2. The summed E-state index contributed by atoms with van der Waals surface area (Å²) >= 11 is 0. The third kappa shape index (κ3) is 1.70. The minimum absolute atomic E-state index is 0.161. The van der Waals surface area contributed by atoms with E-state index < -0.39 is 8.56 Å². The van der Waals surface area contributed by atoms with Crippen LogP contribution in [-0.2, 0) is 8.85 Å². The van der Waals surface area contributed by atoms with Crippen molar-refractivity contribution < 1.29 is 8.85 Å². The fraction of sp³-hybridized carbons (Fsp3) is 1.00. The molecule has 1 heterocycles. The fourth-order valence-electron chi connectivity index (χ4n) is 0.897. The van der Waals surface area contributed by atoms with Gasteiger partial charge in [0.25, 0.3) is 0 Å². The molecule has 1 rings (SSSR count). The van der Waals surface area contributed by atoms with Crippen LogP contribution in [0.5, 0.6) is 0 Å². The maximum absolute atomic E-state index is 5.35. The first kappa shape index (κ1) is 6.47. The van der Waals surface area contributed by atoms with Gasteiger partial charge in [0.15, 0.2) is 17.8 Å². The standard InChI is InChI=1S/C4H12O2Si2/c1-5-8-4-2-3-6-7-8/h8H,2-4,7H2,1H3. The lowest BCUT2D eigenvalue weighted by atomic mass is 10.5. The Morgan fingerprint density at radius 2 is 2.62 bits per heavy atom. The van der Waals surface area contributed by atoms with Gasteiger partial charge in [-0.2, -0.15) is 0 Å². The first-order valence-electron chi connectivity index (χ1n) is 3.04. The lowest BCUT2D eigenvalue weighted by Gasteiger charge is -2.17. The van der Waals surface area contributed by atoms with E-state index in [9.17, 15) is 0 Å². The fourth-order valence-corrected chi connectivity index (χ4v) is 5.75. The Hall–Kier alpha value is 0.354.